The van der Waals surface area contributed by atoms with Crippen LogP contribution in [0.15, 0.2) is 97.1 Å². The number of likely N-dealkylation sites (N-methyl/N-ethyl adjacent to an activating group) is 1. The lowest BCUT2D eigenvalue weighted by atomic mass is 9.99. The molecule has 0 aromatic heterocycles. The molecule has 4 aromatic rings. The van der Waals surface area contributed by atoms with E-state index >= 15 is 0 Å². The SMILES string of the molecule is C[C@H]1CN([C@@H](C)CO)C(=O)c2cc(NC(=O)Nc3ccc(F)cc3)ccc2O[C@@H]1CN(C)Cc1ccc(-c2ccccc2)cc1. The number of aliphatic hydroxyl groups excluding tert-OH is 1. The van der Waals surface area contributed by atoms with Crippen molar-refractivity contribution >= 4 is 23.3 Å². The van der Waals surface area contributed by atoms with Crippen LogP contribution >= 0.6 is 0 Å². The minimum Gasteiger partial charge on any atom is -0.488 e. The molecule has 0 unspecified atom stereocenters. The molecule has 0 aliphatic carbocycles. The van der Waals surface area contributed by atoms with E-state index in [1.807, 2.05) is 32.2 Å². The molecule has 3 amide bonds. The van der Waals surface area contributed by atoms with Crippen LogP contribution in [0.4, 0.5) is 20.6 Å². The molecule has 1 aliphatic heterocycles. The van der Waals surface area contributed by atoms with Gasteiger partial charge in [0, 0.05) is 36.9 Å². The Bertz CT molecular complexity index is 1600. The fraction of sp³-hybridized carbons (Fsp3) is 0.278. The molecule has 0 fully saturated rings. The van der Waals surface area contributed by atoms with Gasteiger partial charge in [-0.15, -0.1) is 0 Å². The fourth-order valence-corrected chi connectivity index (χ4v) is 5.46. The van der Waals surface area contributed by atoms with Crippen molar-refractivity contribution in [1.29, 1.82) is 0 Å². The highest BCUT2D eigenvalue weighted by Crippen LogP contribution is 2.31. The van der Waals surface area contributed by atoms with Crippen molar-refractivity contribution in [3.05, 3.63) is 114 Å². The molecule has 8 nitrogen and oxygen atoms in total. The predicted molar refractivity (Wildman–Crippen MR) is 175 cm³/mol. The van der Waals surface area contributed by atoms with Gasteiger partial charge in [0.15, 0.2) is 0 Å². The van der Waals surface area contributed by atoms with Crippen molar-refractivity contribution in [2.45, 2.75) is 32.5 Å². The first kappa shape index (κ1) is 31.7. The molecule has 0 saturated carbocycles. The monoisotopic (exact) mass is 610 g/mol. The summed E-state index contributed by atoms with van der Waals surface area (Å²) in [6.45, 7) is 5.40. The van der Waals surface area contributed by atoms with Gasteiger partial charge in [-0.25, -0.2) is 9.18 Å². The Balaban J connectivity index is 1.32. The second-order valence-corrected chi connectivity index (χ2v) is 11.7. The van der Waals surface area contributed by atoms with Crippen LogP contribution in [0.3, 0.4) is 0 Å². The Labute approximate surface area is 263 Å². The van der Waals surface area contributed by atoms with Gasteiger partial charge in [0.1, 0.15) is 17.7 Å². The molecule has 3 atom stereocenters. The number of fused-ring (bicyclic) bond motifs is 1. The molecule has 1 aliphatic rings. The zero-order chi connectivity index (χ0) is 31.9. The van der Waals surface area contributed by atoms with E-state index < -0.39 is 17.9 Å². The summed E-state index contributed by atoms with van der Waals surface area (Å²) in [5, 5.41) is 15.4. The Morgan fingerprint density at radius 2 is 1.62 bits per heavy atom. The summed E-state index contributed by atoms with van der Waals surface area (Å²) < 4.78 is 19.8. The van der Waals surface area contributed by atoms with Crippen LogP contribution in [0, 0.1) is 11.7 Å². The second kappa shape index (κ2) is 14.4. The lowest BCUT2D eigenvalue weighted by molar-refractivity contribution is 0.0341. The number of ether oxygens (including phenoxy) is 1. The lowest BCUT2D eigenvalue weighted by Gasteiger charge is -2.38. The van der Waals surface area contributed by atoms with E-state index in [0.29, 0.717) is 35.8 Å². The first-order chi connectivity index (χ1) is 21.7. The molecule has 5 rings (SSSR count). The molecule has 234 valence electrons. The number of amides is 3. The number of hydrogen-bond donors (Lipinski definition) is 3. The van der Waals surface area contributed by atoms with Gasteiger partial charge in [0.25, 0.3) is 5.91 Å². The number of urea groups is 1. The molecule has 45 heavy (non-hydrogen) atoms. The molecule has 9 heteroatoms. The van der Waals surface area contributed by atoms with E-state index in [1.54, 1.807) is 23.1 Å². The van der Waals surface area contributed by atoms with Crippen molar-refractivity contribution in [1.82, 2.24) is 9.80 Å². The van der Waals surface area contributed by atoms with Gasteiger partial charge >= 0.3 is 6.03 Å². The molecule has 4 aromatic carbocycles. The molecule has 3 N–H and O–H groups in total. The number of rotatable bonds is 9. The van der Waals surface area contributed by atoms with Gasteiger partial charge in [-0.1, -0.05) is 61.5 Å². The zero-order valence-electron chi connectivity index (χ0n) is 25.7. The van der Waals surface area contributed by atoms with Gasteiger partial charge < -0.3 is 25.4 Å². The second-order valence-electron chi connectivity index (χ2n) is 11.7. The summed E-state index contributed by atoms with van der Waals surface area (Å²) >= 11 is 0. The number of benzene rings is 4. The number of halogens is 1. The molecular weight excluding hydrogens is 571 g/mol. The molecule has 1 heterocycles. The number of hydrogen-bond acceptors (Lipinski definition) is 5. The van der Waals surface area contributed by atoms with Gasteiger partial charge in [0.2, 0.25) is 0 Å². The minimum absolute atomic E-state index is 0.0294. The van der Waals surface area contributed by atoms with Crippen LogP contribution in [-0.4, -0.2) is 65.7 Å². The van der Waals surface area contributed by atoms with E-state index in [0.717, 1.165) is 6.54 Å². The number of anilines is 2. The van der Waals surface area contributed by atoms with Gasteiger partial charge in [-0.2, -0.15) is 0 Å². The largest absolute Gasteiger partial charge is 0.488 e. The lowest BCUT2D eigenvalue weighted by Crippen LogP contribution is -2.49. The number of carbonyl (C=O) groups is 2. The molecule has 0 saturated heterocycles. The van der Waals surface area contributed by atoms with Crippen LogP contribution in [0.2, 0.25) is 0 Å². The normalized spacial score (nSPS) is 17.1. The summed E-state index contributed by atoms with van der Waals surface area (Å²) in [5.74, 6) is -0.305. The summed E-state index contributed by atoms with van der Waals surface area (Å²) in [4.78, 5) is 30.3. The average molecular weight is 611 g/mol. The summed E-state index contributed by atoms with van der Waals surface area (Å²) in [6, 6.07) is 28.2. The van der Waals surface area contributed by atoms with E-state index in [9.17, 15) is 19.1 Å². The maximum Gasteiger partial charge on any atom is 0.323 e. The maximum absolute atomic E-state index is 13.8. The Morgan fingerprint density at radius 3 is 2.31 bits per heavy atom. The molecule has 0 radical (unpaired) electrons. The van der Waals surface area contributed by atoms with Crippen molar-refractivity contribution in [3.8, 4) is 16.9 Å². The van der Waals surface area contributed by atoms with Gasteiger partial charge in [0.05, 0.1) is 18.2 Å². The highest BCUT2D eigenvalue weighted by molar-refractivity contribution is 6.02. The van der Waals surface area contributed by atoms with Crippen LogP contribution in [0.1, 0.15) is 29.8 Å². The standard InChI is InChI=1S/C36H39FN4O4/c1-24-20-41(25(2)23-42)35(43)32-19-31(39-36(44)38-30-15-13-29(37)14-16-30)17-18-33(32)45-34(24)22-40(3)21-26-9-11-28(12-10-26)27-7-5-4-6-8-27/h4-19,24-25,34,42H,20-23H2,1-3H3,(H2,38,39,44)/t24-,25-,34+/m0/s1. The van der Waals surface area contributed by atoms with Crippen molar-refractivity contribution in [2.24, 2.45) is 5.92 Å². The molecule has 0 spiro atoms. The maximum atomic E-state index is 13.8. The van der Waals surface area contributed by atoms with E-state index in [4.69, 9.17) is 4.74 Å². The number of nitrogens with one attached hydrogen (secondary N) is 2. The van der Waals surface area contributed by atoms with Crippen molar-refractivity contribution in [3.63, 3.8) is 0 Å². The fourth-order valence-electron chi connectivity index (χ4n) is 5.46. The third-order valence-corrected chi connectivity index (χ3v) is 8.03. The number of nitrogens with zero attached hydrogens (tertiary/aromatic N) is 2. The van der Waals surface area contributed by atoms with Crippen LogP contribution in [-0.2, 0) is 6.54 Å². The minimum atomic E-state index is -0.536. The summed E-state index contributed by atoms with van der Waals surface area (Å²) in [6.07, 6.45) is -0.251. The third kappa shape index (κ3) is 8.06. The Kier molecular flexibility index (Phi) is 10.1. The summed E-state index contributed by atoms with van der Waals surface area (Å²) in [5.41, 5.74) is 4.64. The van der Waals surface area contributed by atoms with E-state index in [1.165, 1.54) is 41.0 Å². The van der Waals surface area contributed by atoms with Crippen LogP contribution in [0.25, 0.3) is 11.1 Å². The predicted octanol–water partition coefficient (Wildman–Crippen LogP) is 6.49. The van der Waals surface area contributed by atoms with Crippen LogP contribution in [0.5, 0.6) is 5.75 Å². The first-order valence-corrected chi connectivity index (χ1v) is 15.1. The van der Waals surface area contributed by atoms with E-state index in [2.05, 4.69) is 58.9 Å². The third-order valence-electron chi connectivity index (χ3n) is 8.03. The first-order valence-electron chi connectivity index (χ1n) is 15.1. The van der Waals surface area contributed by atoms with Crippen LogP contribution < -0.4 is 15.4 Å². The number of aliphatic hydroxyl groups is 1. The van der Waals surface area contributed by atoms with Crippen molar-refractivity contribution in [2.75, 3.05) is 37.4 Å². The van der Waals surface area contributed by atoms with E-state index in [-0.39, 0.29) is 24.5 Å². The Morgan fingerprint density at radius 1 is 0.978 bits per heavy atom. The molecule has 0 bridgehead atoms. The average Bonchev–Trinajstić information content (AvgIpc) is 3.04. The van der Waals surface area contributed by atoms with Gasteiger partial charge in [-0.3, -0.25) is 9.69 Å². The molecular formula is C36H39FN4O4. The quantitative estimate of drug-likeness (QED) is 0.202. The topological polar surface area (TPSA) is 94.1 Å². The highest BCUT2D eigenvalue weighted by Gasteiger charge is 2.33. The highest BCUT2D eigenvalue weighted by atomic mass is 19.1. The van der Waals surface area contributed by atoms with Crippen molar-refractivity contribution < 1.29 is 23.8 Å². The van der Waals surface area contributed by atoms with Gasteiger partial charge in [-0.05, 0) is 73.1 Å². The summed E-state index contributed by atoms with van der Waals surface area (Å²) in [7, 11) is 2.05. The zero-order valence-corrected chi connectivity index (χ0v) is 25.7. The smallest absolute Gasteiger partial charge is 0.323 e. The Hall–Kier alpha value is -4.73. The number of carbonyl (C=O) groups excluding carboxylic acids is 2.